The molecule has 9 heteroatoms. The summed E-state index contributed by atoms with van der Waals surface area (Å²) in [5.74, 6) is 0.518. The Bertz CT molecular complexity index is 706. The molecule has 2 aromatic heterocycles. The van der Waals surface area contributed by atoms with Crippen LogP contribution in [0.4, 0.5) is 5.69 Å². The number of aryl methyl sites for hydroxylation is 1. The van der Waals surface area contributed by atoms with Crippen molar-refractivity contribution in [2.45, 2.75) is 6.04 Å². The number of nitro groups is 1. The van der Waals surface area contributed by atoms with Gasteiger partial charge in [0.2, 0.25) is 0 Å². The number of hydrogen-bond acceptors (Lipinski definition) is 5. The minimum absolute atomic E-state index is 0.118. The fourth-order valence-corrected chi connectivity index (χ4v) is 2.64. The average Bonchev–Trinajstić information content (AvgIpc) is 3.15. The number of piperazine rings is 1. The van der Waals surface area contributed by atoms with Gasteiger partial charge in [0.15, 0.2) is 0 Å². The van der Waals surface area contributed by atoms with Crippen molar-refractivity contribution in [1.29, 1.82) is 0 Å². The number of nitrogens with one attached hydrogen (secondary N) is 2. The monoisotopic (exact) mass is 304 g/mol. The van der Waals surface area contributed by atoms with E-state index < -0.39 is 4.92 Å². The first-order valence-corrected chi connectivity index (χ1v) is 6.89. The smallest absolute Gasteiger partial charge is 0.287 e. The molecule has 0 bridgehead atoms. The first-order valence-electron chi connectivity index (χ1n) is 6.89. The molecule has 1 atom stereocenters. The number of amides is 1. The number of hydrogen-bond donors (Lipinski definition) is 2. The van der Waals surface area contributed by atoms with Gasteiger partial charge in [-0.3, -0.25) is 14.9 Å². The van der Waals surface area contributed by atoms with Crippen LogP contribution in [0.2, 0.25) is 0 Å². The zero-order valence-corrected chi connectivity index (χ0v) is 12.0. The third-order valence-corrected chi connectivity index (χ3v) is 3.77. The Hall–Kier alpha value is -2.68. The molecule has 1 fully saturated rings. The van der Waals surface area contributed by atoms with E-state index in [4.69, 9.17) is 0 Å². The Morgan fingerprint density at radius 3 is 3.00 bits per heavy atom. The molecule has 9 nitrogen and oxygen atoms in total. The summed E-state index contributed by atoms with van der Waals surface area (Å²) in [7, 11) is 1.87. The Kier molecular flexibility index (Phi) is 3.63. The maximum absolute atomic E-state index is 12.7. The van der Waals surface area contributed by atoms with E-state index in [0.29, 0.717) is 19.6 Å². The normalized spacial score (nSPS) is 18.4. The average molecular weight is 304 g/mol. The fourth-order valence-electron chi connectivity index (χ4n) is 2.64. The van der Waals surface area contributed by atoms with E-state index in [1.54, 1.807) is 11.1 Å². The number of aromatic amines is 1. The van der Waals surface area contributed by atoms with Crippen molar-refractivity contribution in [3.05, 3.63) is 46.3 Å². The van der Waals surface area contributed by atoms with E-state index in [0.717, 1.165) is 5.82 Å². The number of aromatic nitrogens is 3. The van der Waals surface area contributed by atoms with Crippen molar-refractivity contribution in [3.63, 3.8) is 0 Å². The van der Waals surface area contributed by atoms with Crippen LogP contribution in [0.1, 0.15) is 22.4 Å². The van der Waals surface area contributed by atoms with Crippen LogP contribution in [0.3, 0.4) is 0 Å². The lowest BCUT2D eigenvalue weighted by Gasteiger charge is -2.35. The lowest BCUT2D eigenvalue weighted by atomic mass is 10.1. The number of carbonyl (C=O) groups excluding carboxylic acids is 1. The molecular weight excluding hydrogens is 288 g/mol. The van der Waals surface area contributed by atoms with Crippen molar-refractivity contribution in [1.82, 2.24) is 24.8 Å². The predicted octanol–water partition coefficient (Wildman–Crippen LogP) is 0.443. The second-order valence-electron chi connectivity index (χ2n) is 5.14. The van der Waals surface area contributed by atoms with Crippen LogP contribution < -0.4 is 5.32 Å². The third kappa shape index (κ3) is 2.46. The summed E-state index contributed by atoms with van der Waals surface area (Å²) in [4.78, 5) is 31.6. The van der Waals surface area contributed by atoms with E-state index >= 15 is 0 Å². The van der Waals surface area contributed by atoms with Crippen LogP contribution >= 0.6 is 0 Å². The Balaban J connectivity index is 1.88. The lowest BCUT2D eigenvalue weighted by molar-refractivity contribution is -0.384. The first-order chi connectivity index (χ1) is 10.6. The van der Waals surface area contributed by atoms with Crippen LogP contribution in [0, 0.1) is 10.1 Å². The largest absolute Gasteiger partial charge is 0.351 e. The Morgan fingerprint density at radius 1 is 1.55 bits per heavy atom. The van der Waals surface area contributed by atoms with E-state index in [1.165, 1.54) is 12.3 Å². The molecule has 1 saturated heterocycles. The van der Waals surface area contributed by atoms with Gasteiger partial charge in [-0.05, 0) is 0 Å². The molecule has 1 amide bonds. The van der Waals surface area contributed by atoms with Crippen LogP contribution in [0.5, 0.6) is 0 Å². The summed E-state index contributed by atoms with van der Waals surface area (Å²) in [5.41, 5.74) is 0.0971. The maximum Gasteiger partial charge on any atom is 0.287 e. The van der Waals surface area contributed by atoms with Crippen LogP contribution in [0.15, 0.2) is 24.7 Å². The predicted molar refractivity (Wildman–Crippen MR) is 77.3 cm³/mol. The molecule has 2 N–H and O–H groups in total. The summed E-state index contributed by atoms with van der Waals surface area (Å²) in [6, 6.07) is 1.06. The first kappa shape index (κ1) is 14.3. The van der Waals surface area contributed by atoms with Gasteiger partial charge in [0, 0.05) is 45.1 Å². The Labute approximate surface area is 126 Å². The van der Waals surface area contributed by atoms with Gasteiger partial charge in [-0.25, -0.2) is 4.98 Å². The van der Waals surface area contributed by atoms with Gasteiger partial charge in [0.1, 0.15) is 17.6 Å². The molecule has 3 rings (SSSR count). The molecule has 1 aliphatic rings. The summed E-state index contributed by atoms with van der Waals surface area (Å²) in [6.07, 6.45) is 4.74. The zero-order chi connectivity index (χ0) is 15.7. The van der Waals surface area contributed by atoms with Gasteiger partial charge < -0.3 is 19.8 Å². The molecular formula is C13H16N6O3. The number of imidazole rings is 1. The van der Waals surface area contributed by atoms with E-state index in [2.05, 4.69) is 15.3 Å². The van der Waals surface area contributed by atoms with Crippen LogP contribution in [0.25, 0.3) is 0 Å². The molecule has 116 valence electrons. The van der Waals surface area contributed by atoms with Crippen molar-refractivity contribution >= 4 is 11.6 Å². The highest BCUT2D eigenvalue weighted by Gasteiger charge is 2.32. The quantitative estimate of drug-likeness (QED) is 0.632. The minimum Gasteiger partial charge on any atom is -0.351 e. The molecule has 0 aromatic carbocycles. The number of nitrogens with zero attached hydrogens (tertiary/aromatic N) is 4. The van der Waals surface area contributed by atoms with E-state index in [1.807, 2.05) is 17.8 Å². The third-order valence-electron chi connectivity index (χ3n) is 3.77. The van der Waals surface area contributed by atoms with E-state index in [9.17, 15) is 14.9 Å². The second-order valence-corrected chi connectivity index (χ2v) is 5.14. The zero-order valence-electron chi connectivity index (χ0n) is 12.0. The van der Waals surface area contributed by atoms with Gasteiger partial charge in [-0.2, -0.15) is 0 Å². The maximum atomic E-state index is 12.7. The minimum atomic E-state index is -0.527. The second kappa shape index (κ2) is 5.60. The molecule has 0 saturated carbocycles. The highest BCUT2D eigenvalue weighted by Crippen LogP contribution is 2.23. The van der Waals surface area contributed by atoms with Gasteiger partial charge in [-0.15, -0.1) is 0 Å². The standard InChI is InChI=1S/C13H16N6O3/c1-17-4-3-15-12(17)11-8-14-2-5-18(11)13(20)10-6-9(7-16-10)19(21)22/h3-4,6-7,11,14,16H,2,5,8H2,1H3. The van der Waals surface area contributed by atoms with Gasteiger partial charge in [-0.1, -0.05) is 0 Å². The highest BCUT2D eigenvalue weighted by molar-refractivity contribution is 5.93. The van der Waals surface area contributed by atoms with Crippen molar-refractivity contribution in [3.8, 4) is 0 Å². The Morgan fingerprint density at radius 2 is 2.36 bits per heavy atom. The fraction of sp³-hybridized carbons (Fsp3) is 0.385. The van der Waals surface area contributed by atoms with Crippen molar-refractivity contribution in [2.75, 3.05) is 19.6 Å². The van der Waals surface area contributed by atoms with Gasteiger partial charge in [0.25, 0.3) is 11.6 Å². The molecule has 2 aromatic rings. The SMILES string of the molecule is Cn1ccnc1C1CNCCN1C(=O)c1cc([N+](=O)[O-])c[nH]1. The molecule has 0 radical (unpaired) electrons. The number of H-pyrrole nitrogens is 1. The molecule has 22 heavy (non-hydrogen) atoms. The molecule has 1 unspecified atom stereocenters. The highest BCUT2D eigenvalue weighted by atomic mass is 16.6. The summed E-state index contributed by atoms with van der Waals surface area (Å²) >= 11 is 0. The topological polar surface area (TPSA) is 109 Å². The molecule has 0 aliphatic carbocycles. The van der Waals surface area contributed by atoms with E-state index in [-0.39, 0.29) is 23.3 Å². The molecule has 3 heterocycles. The molecule has 0 spiro atoms. The number of carbonyl (C=O) groups is 1. The number of rotatable bonds is 3. The summed E-state index contributed by atoms with van der Waals surface area (Å²) in [5, 5.41) is 14.0. The summed E-state index contributed by atoms with van der Waals surface area (Å²) in [6.45, 7) is 1.79. The van der Waals surface area contributed by atoms with Crippen LogP contribution in [-0.4, -0.2) is 49.9 Å². The van der Waals surface area contributed by atoms with Crippen molar-refractivity contribution < 1.29 is 9.72 Å². The lowest BCUT2D eigenvalue weighted by Crippen LogP contribution is -2.49. The van der Waals surface area contributed by atoms with Gasteiger partial charge in [0.05, 0.1) is 11.1 Å². The van der Waals surface area contributed by atoms with Gasteiger partial charge >= 0.3 is 0 Å². The van der Waals surface area contributed by atoms with Crippen molar-refractivity contribution in [2.24, 2.45) is 7.05 Å². The molecule has 1 aliphatic heterocycles. The van der Waals surface area contributed by atoms with Crippen LogP contribution in [-0.2, 0) is 7.05 Å². The summed E-state index contributed by atoms with van der Waals surface area (Å²) < 4.78 is 1.87.